The molecule has 31 heavy (non-hydrogen) atoms. The van der Waals surface area contributed by atoms with Gasteiger partial charge in [0.1, 0.15) is 17.6 Å². The van der Waals surface area contributed by atoms with E-state index in [1.165, 1.54) is 0 Å². The van der Waals surface area contributed by atoms with Crippen LogP contribution in [0.4, 0.5) is 11.5 Å². The number of ether oxygens (including phenoxy) is 1. The molecule has 3 aromatic rings. The summed E-state index contributed by atoms with van der Waals surface area (Å²) in [4.78, 5) is 25.3. The second-order valence-electron chi connectivity index (χ2n) is 7.08. The van der Waals surface area contributed by atoms with Gasteiger partial charge in [0.25, 0.3) is 5.91 Å². The van der Waals surface area contributed by atoms with Crippen LogP contribution in [-0.4, -0.2) is 28.7 Å². The quantitative estimate of drug-likeness (QED) is 0.546. The van der Waals surface area contributed by atoms with E-state index in [1.807, 2.05) is 31.2 Å². The third kappa shape index (κ3) is 4.11. The Labute approximate surface area is 189 Å². The van der Waals surface area contributed by atoms with Crippen molar-refractivity contribution >= 4 is 46.5 Å². The summed E-state index contributed by atoms with van der Waals surface area (Å²) < 4.78 is 6.83. The normalized spacial score (nSPS) is 14.8. The molecule has 2 N–H and O–H groups in total. The number of carbonyl (C=O) groups is 2. The lowest BCUT2D eigenvalue weighted by Crippen LogP contribution is -2.24. The maximum absolute atomic E-state index is 12.7. The number of fused-ring (bicyclic) bond motifs is 1. The Morgan fingerprint density at radius 1 is 1.23 bits per heavy atom. The van der Waals surface area contributed by atoms with E-state index in [9.17, 15) is 9.59 Å². The van der Waals surface area contributed by atoms with Crippen LogP contribution < -0.4 is 15.4 Å². The Kier molecular flexibility index (Phi) is 5.89. The fraction of sp³-hybridized carbons (Fsp3) is 0.227. The Morgan fingerprint density at radius 2 is 1.97 bits per heavy atom. The summed E-state index contributed by atoms with van der Waals surface area (Å²) in [5.41, 5.74) is 3.04. The van der Waals surface area contributed by atoms with Crippen molar-refractivity contribution in [3.05, 3.63) is 58.2 Å². The Balaban J connectivity index is 1.60. The molecule has 0 spiro atoms. The van der Waals surface area contributed by atoms with Crippen LogP contribution in [0.1, 0.15) is 25.1 Å². The van der Waals surface area contributed by atoms with Gasteiger partial charge in [-0.15, -0.1) is 0 Å². The minimum absolute atomic E-state index is 0.0787. The highest BCUT2D eigenvalue weighted by atomic mass is 35.5. The highest BCUT2D eigenvalue weighted by Gasteiger charge is 2.36. The minimum Gasteiger partial charge on any atom is -0.497 e. The summed E-state index contributed by atoms with van der Waals surface area (Å²) in [6.07, 6.45) is 0.598. The molecule has 2 aromatic carbocycles. The molecular weight excluding hydrogens is 439 g/mol. The topological polar surface area (TPSA) is 85.2 Å². The summed E-state index contributed by atoms with van der Waals surface area (Å²) in [5.74, 6) is 0.702. The first-order valence-electron chi connectivity index (χ1n) is 9.72. The van der Waals surface area contributed by atoms with Gasteiger partial charge in [0.05, 0.1) is 29.9 Å². The first-order valence-corrected chi connectivity index (χ1v) is 10.5. The van der Waals surface area contributed by atoms with Crippen molar-refractivity contribution in [2.24, 2.45) is 0 Å². The zero-order chi connectivity index (χ0) is 22.1. The summed E-state index contributed by atoms with van der Waals surface area (Å²) in [5, 5.41) is 11.0. The van der Waals surface area contributed by atoms with Crippen LogP contribution in [0, 0.1) is 0 Å². The van der Waals surface area contributed by atoms with Crippen molar-refractivity contribution in [3.8, 4) is 16.9 Å². The first kappa shape index (κ1) is 21.2. The summed E-state index contributed by atoms with van der Waals surface area (Å²) >= 11 is 12.0. The van der Waals surface area contributed by atoms with E-state index >= 15 is 0 Å². The number of aromatic nitrogens is 2. The smallest absolute Gasteiger partial charge is 0.251 e. The van der Waals surface area contributed by atoms with Gasteiger partial charge in [0.15, 0.2) is 0 Å². The minimum atomic E-state index is -0.752. The van der Waals surface area contributed by atoms with E-state index in [4.69, 9.17) is 27.9 Å². The van der Waals surface area contributed by atoms with Crippen LogP contribution in [0.3, 0.4) is 0 Å². The molecule has 0 bridgehead atoms. The van der Waals surface area contributed by atoms with E-state index in [2.05, 4.69) is 15.7 Å². The van der Waals surface area contributed by atoms with Crippen LogP contribution in [0.5, 0.6) is 5.75 Å². The third-order valence-corrected chi connectivity index (χ3v) is 5.67. The predicted octanol–water partition coefficient (Wildman–Crippen LogP) is 4.95. The third-order valence-electron chi connectivity index (χ3n) is 5.12. The number of hydrogen-bond acceptors (Lipinski definition) is 4. The number of nitrogens with one attached hydrogen (secondary N) is 2. The molecule has 0 aliphatic carbocycles. The number of carbonyl (C=O) groups excluding carboxylic acids is 2. The maximum Gasteiger partial charge on any atom is 0.251 e. The fourth-order valence-electron chi connectivity index (χ4n) is 3.59. The second kappa shape index (κ2) is 8.61. The van der Waals surface area contributed by atoms with Gasteiger partial charge in [-0.05, 0) is 42.3 Å². The number of anilines is 2. The molecule has 7 nitrogen and oxygen atoms in total. The van der Waals surface area contributed by atoms with E-state index < -0.39 is 6.04 Å². The lowest BCUT2D eigenvalue weighted by molar-refractivity contribution is -0.123. The molecular formula is C22H20Cl2N4O3. The average molecular weight is 459 g/mol. The van der Waals surface area contributed by atoms with Crippen LogP contribution in [-0.2, 0) is 16.0 Å². The lowest BCUT2D eigenvalue weighted by atomic mass is 10.0. The number of benzene rings is 2. The number of aryl methyl sites for hydroxylation is 1. The van der Waals surface area contributed by atoms with Gasteiger partial charge in [-0.3, -0.25) is 9.59 Å². The van der Waals surface area contributed by atoms with Gasteiger partial charge in [0, 0.05) is 10.6 Å². The summed E-state index contributed by atoms with van der Waals surface area (Å²) in [6.45, 7) is 2.00. The number of amides is 2. The molecule has 0 saturated carbocycles. The van der Waals surface area contributed by atoms with Crippen LogP contribution in [0.25, 0.3) is 11.1 Å². The van der Waals surface area contributed by atoms with E-state index in [0.29, 0.717) is 28.0 Å². The molecule has 0 radical (unpaired) electrons. The molecule has 0 saturated heterocycles. The zero-order valence-electron chi connectivity index (χ0n) is 16.9. The number of rotatable bonds is 6. The molecule has 160 valence electrons. The van der Waals surface area contributed by atoms with E-state index in [0.717, 1.165) is 22.6 Å². The van der Waals surface area contributed by atoms with Crippen LogP contribution in [0.15, 0.2) is 42.5 Å². The van der Waals surface area contributed by atoms with Gasteiger partial charge >= 0.3 is 0 Å². The van der Waals surface area contributed by atoms with Crippen molar-refractivity contribution < 1.29 is 14.3 Å². The number of methoxy groups -OCH3 is 1. The molecule has 9 heteroatoms. The largest absolute Gasteiger partial charge is 0.497 e. The number of nitrogens with zero attached hydrogens (tertiary/aromatic N) is 2. The molecule has 2 heterocycles. The average Bonchev–Trinajstić information content (AvgIpc) is 3.25. The molecule has 1 atom stereocenters. The summed E-state index contributed by atoms with van der Waals surface area (Å²) in [7, 11) is 1.61. The Hall–Kier alpha value is -3.03. The van der Waals surface area contributed by atoms with Crippen LogP contribution in [0.2, 0.25) is 10.0 Å². The zero-order valence-corrected chi connectivity index (χ0v) is 18.4. The SMILES string of the molecule is CCc1nn2c(c1-c1ccc(OC)cc1)NC(=O)C2CC(=O)Nc1ccc(Cl)cc1Cl. The first-order chi connectivity index (χ1) is 14.9. The standard InChI is InChI=1S/C22H20Cl2N4O3/c1-3-16-20(12-4-7-14(31-2)8-5-12)21-26-22(30)18(28(21)27-16)11-19(29)25-17-9-6-13(23)10-15(17)24/h4-10,18H,3,11H2,1-2H3,(H,25,29)(H,26,30). The Bertz CT molecular complexity index is 1160. The highest BCUT2D eigenvalue weighted by molar-refractivity contribution is 6.36. The van der Waals surface area contributed by atoms with Gasteiger partial charge in [-0.2, -0.15) is 5.10 Å². The molecule has 1 aliphatic rings. The maximum atomic E-state index is 12.7. The lowest BCUT2D eigenvalue weighted by Gasteiger charge is -2.11. The van der Waals surface area contributed by atoms with Gasteiger partial charge < -0.3 is 15.4 Å². The van der Waals surface area contributed by atoms with Crippen molar-refractivity contribution in [3.63, 3.8) is 0 Å². The Morgan fingerprint density at radius 3 is 2.61 bits per heavy atom. The molecule has 1 aromatic heterocycles. The van der Waals surface area contributed by atoms with Crippen LogP contribution >= 0.6 is 23.2 Å². The molecule has 1 unspecified atom stereocenters. The van der Waals surface area contributed by atoms with Crippen molar-refractivity contribution in [2.45, 2.75) is 25.8 Å². The van der Waals surface area contributed by atoms with Gasteiger partial charge in [-0.1, -0.05) is 42.3 Å². The molecule has 1 aliphatic heterocycles. The van der Waals surface area contributed by atoms with Gasteiger partial charge in [-0.25, -0.2) is 4.68 Å². The second-order valence-corrected chi connectivity index (χ2v) is 7.92. The fourth-order valence-corrected chi connectivity index (χ4v) is 4.05. The molecule has 2 amide bonds. The number of hydrogen-bond donors (Lipinski definition) is 2. The van der Waals surface area contributed by atoms with E-state index in [1.54, 1.807) is 30.0 Å². The number of halogens is 2. The van der Waals surface area contributed by atoms with Crippen molar-refractivity contribution in [1.82, 2.24) is 9.78 Å². The molecule has 0 fully saturated rings. The monoisotopic (exact) mass is 458 g/mol. The molecule has 4 rings (SSSR count). The van der Waals surface area contributed by atoms with Crippen molar-refractivity contribution in [1.29, 1.82) is 0 Å². The highest BCUT2D eigenvalue weighted by Crippen LogP contribution is 2.39. The van der Waals surface area contributed by atoms with Gasteiger partial charge in [0.2, 0.25) is 5.91 Å². The van der Waals surface area contributed by atoms with E-state index in [-0.39, 0.29) is 18.2 Å². The predicted molar refractivity (Wildman–Crippen MR) is 121 cm³/mol. The van der Waals surface area contributed by atoms with Crippen molar-refractivity contribution in [2.75, 3.05) is 17.7 Å². The summed E-state index contributed by atoms with van der Waals surface area (Å²) in [6, 6.07) is 11.6.